The van der Waals surface area contributed by atoms with Crippen molar-refractivity contribution in [1.29, 1.82) is 0 Å². The quantitative estimate of drug-likeness (QED) is 0.477. The molecule has 2 aromatic carbocycles. The fourth-order valence-corrected chi connectivity index (χ4v) is 2.35. The second kappa shape index (κ2) is 8.04. The van der Waals surface area contributed by atoms with Crippen LogP contribution in [0, 0.1) is 11.6 Å². The Bertz CT molecular complexity index is 852. The van der Waals surface area contributed by atoms with Crippen molar-refractivity contribution < 1.29 is 23.2 Å². The van der Waals surface area contributed by atoms with Crippen LogP contribution in [-0.2, 0) is 4.84 Å². The molecule has 5 nitrogen and oxygen atoms in total. The lowest BCUT2D eigenvalue weighted by molar-refractivity contribution is 0.0923. The predicted octanol–water partition coefficient (Wildman–Crippen LogP) is 4.56. The first-order valence-corrected chi connectivity index (χ1v) is 7.51. The minimum absolute atomic E-state index is 0.0549. The second-order valence-electron chi connectivity index (χ2n) is 4.74. The van der Waals surface area contributed by atoms with E-state index < -0.39 is 23.6 Å². The number of imide groups is 1. The van der Waals surface area contributed by atoms with Gasteiger partial charge in [0.2, 0.25) is 0 Å². The Hall–Kier alpha value is -2.51. The maximum atomic E-state index is 13.2. The molecular weight excluding hydrogens is 377 g/mol. The zero-order chi connectivity index (χ0) is 18.6. The third kappa shape index (κ3) is 4.74. The number of hydrogen-bond donors (Lipinski definition) is 1. The number of oxime groups is 1. The highest BCUT2D eigenvalue weighted by Gasteiger charge is 2.18. The van der Waals surface area contributed by atoms with Crippen molar-refractivity contribution in [1.82, 2.24) is 5.32 Å². The molecule has 0 saturated heterocycles. The lowest BCUT2D eigenvalue weighted by atomic mass is 10.1. The maximum Gasteiger partial charge on any atom is 0.440 e. The van der Waals surface area contributed by atoms with Gasteiger partial charge in [-0.2, -0.15) is 0 Å². The van der Waals surface area contributed by atoms with Crippen molar-refractivity contribution in [3.8, 4) is 0 Å². The van der Waals surface area contributed by atoms with Gasteiger partial charge in [0.1, 0.15) is 0 Å². The summed E-state index contributed by atoms with van der Waals surface area (Å²) in [7, 11) is 0. The molecule has 9 heteroatoms. The number of carbonyl (C=O) groups excluding carboxylic acids is 2. The Balaban J connectivity index is 2.04. The number of halogens is 4. The zero-order valence-corrected chi connectivity index (χ0v) is 14.2. The fourth-order valence-electron chi connectivity index (χ4n) is 1.78. The molecular formula is C16H10Cl2F2N2O3. The van der Waals surface area contributed by atoms with E-state index in [1.165, 1.54) is 31.2 Å². The average Bonchev–Trinajstić information content (AvgIpc) is 2.55. The molecule has 0 aliphatic carbocycles. The summed E-state index contributed by atoms with van der Waals surface area (Å²) in [4.78, 5) is 28.1. The highest BCUT2D eigenvalue weighted by Crippen LogP contribution is 2.23. The second-order valence-corrected chi connectivity index (χ2v) is 5.55. The molecule has 130 valence electrons. The third-order valence-corrected chi connectivity index (χ3v) is 3.64. The number of carbonyl (C=O) groups is 2. The molecule has 2 rings (SSSR count). The first-order chi connectivity index (χ1) is 11.8. The molecule has 0 aliphatic rings. The molecule has 0 fully saturated rings. The molecule has 0 spiro atoms. The highest BCUT2D eigenvalue weighted by atomic mass is 35.5. The molecule has 0 aliphatic heterocycles. The van der Waals surface area contributed by atoms with Crippen LogP contribution in [0.15, 0.2) is 41.6 Å². The summed E-state index contributed by atoms with van der Waals surface area (Å²) < 4.78 is 26.0. The van der Waals surface area contributed by atoms with E-state index >= 15 is 0 Å². The average molecular weight is 387 g/mol. The summed E-state index contributed by atoms with van der Waals surface area (Å²) in [6.45, 7) is 1.41. The third-order valence-electron chi connectivity index (χ3n) is 3.01. The van der Waals surface area contributed by atoms with Gasteiger partial charge < -0.3 is 0 Å². The number of amides is 2. The summed E-state index contributed by atoms with van der Waals surface area (Å²) in [5.41, 5.74) is 0.202. The monoisotopic (exact) mass is 386 g/mol. The van der Waals surface area contributed by atoms with Gasteiger partial charge in [0, 0.05) is 5.56 Å². The van der Waals surface area contributed by atoms with Gasteiger partial charge in [0.05, 0.1) is 21.3 Å². The van der Waals surface area contributed by atoms with E-state index in [-0.39, 0.29) is 26.9 Å². The lowest BCUT2D eigenvalue weighted by Gasteiger charge is -2.06. The fraction of sp³-hybridized carbons (Fsp3) is 0.0625. The Labute approximate surface area is 151 Å². The van der Waals surface area contributed by atoms with Crippen LogP contribution in [0.3, 0.4) is 0 Å². The smallest absolute Gasteiger partial charge is 0.297 e. The Morgan fingerprint density at radius 2 is 1.72 bits per heavy atom. The number of nitrogens with zero attached hydrogens (tertiary/aromatic N) is 1. The molecule has 0 aromatic heterocycles. The van der Waals surface area contributed by atoms with Gasteiger partial charge >= 0.3 is 6.09 Å². The van der Waals surface area contributed by atoms with Gasteiger partial charge in [-0.3, -0.25) is 14.9 Å². The van der Waals surface area contributed by atoms with Crippen molar-refractivity contribution in [2.75, 3.05) is 0 Å². The normalized spacial score (nSPS) is 11.2. The summed E-state index contributed by atoms with van der Waals surface area (Å²) in [6.07, 6.45) is -1.19. The summed E-state index contributed by atoms with van der Waals surface area (Å²) in [5, 5.41) is 5.46. The highest BCUT2D eigenvalue weighted by molar-refractivity contribution is 6.40. The summed E-state index contributed by atoms with van der Waals surface area (Å²) >= 11 is 11.7. The number of benzene rings is 2. The van der Waals surface area contributed by atoms with Crippen LogP contribution >= 0.6 is 23.2 Å². The number of rotatable bonds is 3. The van der Waals surface area contributed by atoms with Crippen LogP contribution in [0.25, 0.3) is 0 Å². The molecule has 1 N–H and O–H groups in total. The maximum absolute atomic E-state index is 13.2. The van der Waals surface area contributed by atoms with Gasteiger partial charge in [-0.15, -0.1) is 0 Å². The van der Waals surface area contributed by atoms with Crippen LogP contribution in [0.1, 0.15) is 22.8 Å². The molecule has 0 atom stereocenters. The van der Waals surface area contributed by atoms with Gasteiger partial charge in [0.25, 0.3) is 5.91 Å². The predicted molar refractivity (Wildman–Crippen MR) is 89.0 cm³/mol. The Morgan fingerprint density at radius 1 is 1.08 bits per heavy atom. The Morgan fingerprint density at radius 3 is 2.32 bits per heavy atom. The zero-order valence-electron chi connectivity index (χ0n) is 12.6. The van der Waals surface area contributed by atoms with E-state index in [4.69, 9.17) is 23.2 Å². The number of hydrogen-bond acceptors (Lipinski definition) is 4. The summed E-state index contributed by atoms with van der Waals surface area (Å²) in [6, 6.07) is 7.46. The lowest BCUT2D eigenvalue weighted by Crippen LogP contribution is -2.30. The van der Waals surface area contributed by atoms with Gasteiger partial charge in [-0.1, -0.05) is 34.4 Å². The van der Waals surface area contributed by atoms with E-state index in [1.807, 2.05) is 5.32 Å². The molecule has 25 heavy (non-hydrogen) atoms. The SMILES string of the molecule is C/C(=N/OC(=O)NC(=O)c1c(Cl)cccc1Cl)c1ccc(F)c(F)c1. The van der Waals surface area contributed by atoms with E-state index in [0.29, 0.717) is 0 Å². The first kappa shape index (κ1) is 18.8. The van der Waals surface area contributed by atoms with Crippen molar-refractivity contribution in [2.24, 2.45) is 5.16 Å². The van der Waals surface area contributed by atoms with Gasteiger partial charge in [0.15, 0.2) is 11.6 Å². The van der Waals surface area contributed by atoms with E-state index in [0.717, 1.165) is 12.1 Å². The minimum Gasteiger partial charge on any atom is -0.297 e. The van der Waals surface area contributed by atoms with Crippen LogP contribution in [0.5, 0.6) is 0 Å². The van der Waals surface area contributed by atoms with Crippen molar-refractivity contribution in [2.45, 2.75) is 6.92 Å². The van der Waals surface area contributed by atoms with Crippen LogP contribution in [0.2, 0.25) is 10.0 Å². The van der Waals surface area contributed by atoms with E-state index in [2.05, 4.69) is 9.99 Å². The minimum atomic E-state index is -1.19. The van der Waals surface area contributed by atoms with Crippen LogP contribution in [-0.4, -0.2) is 17.7 Å². The van der Waals surface area contributed by atoms with Crippen LogP contribution < -0.4 is 5.32 Å². The Kier molecular flexibility index (Phi) is 6.06. The van der Waals surface area contributed by atoms with Crippen LogP contribution in [0.4, 0.5) is 13.6 Å². The van der Waals surface area contributed by atoms with E-state index in [1.54, 1.807) is 0 Å². The topological polar surface area (TPSA) is 67.8 Å². The molecule has 2 amide bonds. The molecule has 0 saturated carbocycles. The number of nitrogens with one attached hydrogen (secondary N) is 1. The largest absolute Gasteiger partial charge is 0.440 e. The first-order valence-electron chi connectivity index (χ1n) is 6.76. The standard InChI is InChI=1S/C16H10Cl2F2N2O3/c1-8(9-5-6-12(19)13(20)7-9)22-25-16(24)21-15(23)14-10(17)3-2-4-11(14)18/h2-7H,1H3,(H,21,23,24)/b22-8-. The van der Waals surface area contributed by atoms with Gasteiger partial charge in [-0.25, -0.2) is 13.6 Å². The molecule has 0 heterocycles. The molecule has 0 bridgehead atoms. The molecule has 0 radical (unpaired) electrons. The van der Waals surface area contributed by atoms with Crippen molar-refractivity contribution in [3.63, 3.8) is 0 Å². The molecule has 0 unspecified atom stereocenters. The van der Waals surface area contributed by atoms with Crippen molar-refractivity contribution in [3.05, 3.63) is 69.2 Å². The van der Waals surface area contributed by atoms with Gasteiger partial charge in [-0.05, 0) is 37.3 Å². The molecule has 2 aromatic rings. The summed E-state index contributed by atoms with van der Waals surface area (Å²) in [5.74, 6) is -2.96. The van der Waals surface area contributed by atoms with E-state index in [9.17, 15) is 18.4 Å². The van der Waals surface area contributed by atoms with Crippen molar-refractivity contribution >= 4 is 40.9 Å².